The molecule has 0 bridgehead atoms. The van der Waals surface area contributed by atoms with E-state index in [-0.39, 0.29) is 0 Å². The molecule has 0 spiro atoms. The van der Waals surface area contributed by atoms with Crippen molar-refractivity contribution >= 4 is 32.2 Å². The zero-order valence-corrected chi connectivity index (χ0v) is 16.8. The zero-order valence-electron chi connectivity index (χ0n) is 16.0. The van der Waals surface area contributed by atoms with Gasteiger partial charge in [0.25, 0.3) is 0 Å². The fourth-order valence-electron chi connectivity index (χ4n) is 2.84. The van der Waals surface area contributed by atoms with Crippen molar-refractivity contribution < 1.29 is 8.42 Å². The van der Waals surface area contributed by atoms with Crippen molar-refractivity contribution in [2.45, 2.75) is 44.3 Å². The molecule has 0 aliphatic carbocycles. The van der Waals surface area contributed by atoms with E-state index in [1.54, 1.807) is 45.2 Å². The molecule has 0 fully saturated rings. The molecule has 26 heavy (non-hydrogen) atoms. The first-order valence-electron chi connectivity index (χ1n) is 8.43. The lowest BCUT2D eigenvalue weighted by molar-refractivity contribution is 0.560. The maximum atomic E-state index is 12.9. The average Bonchev–Trinajstić information content (AvgIpc) is 2.91. The van der Waals surface area contributed by atoms with Crippen molar-refractivity contribution in [2.75, 3.05) is 11.9 Å². The molecule has 7 heteroatoms. The molecular formula is C19H24N4O2S. The van der Waals surface area contributed by atoms with E-state index in [0.717, 1.165) is 33.7 Å². The molecule has 0 saturated heterocycles. The predicted octanol–water partition coefficient (Wildman–Crippen LogP) is 3.91. The lowest BCUT2D eigenvalue weighted by Gasteiger charge is -2.22. The van der Waals surface area contributed by atoms with Crippen molar-refractivity contribution in [3.8, 4) is 0 Å². The van der Waals surface area contributed by atoms with Gasteiger partial charge >= 0.3 is 0 Å². The molecule has 0 aliphatic rings. The predicted molar refractivity (Wildman–Crippen MR) is 105 cm³/mol. The average molecular weight is 372 g/mol. The SMILES string of the molecule is Cc1[nH]nc(N(C)c2ccnc3ccc(S(=O)(=O)C(C)(C)C)cc23)c1C. The number of fused-ring (bicyclic) bond motifs is 1. The number of nitrogens with one attached hydrogen (secondary N) is 1. The van der Waals surface area contributed by atoms with Crippen LogP contribution in [0.15, 0.2) is 35.4 Å². The topological polar surface area (TPSA) is 79.0 Å². The van der Waals surface area contributed by atoms with Gasteiger partial charge < -0.3 is 4.90 Å². The third-order valence-electron chi connectivity index (χ3n) is 4.71. The second-order valence-electron chi connectivity index (χ2n) is 7.48. The summed E-state index contributed by atoms with van der Waals surface area (Å²) < 4.78 is 24.8. The van der Waals surface area contributed by atoms with E-state index < -0.39 is 14.6 Å². The molecule has 1 aromatic carbocycles. The number of hydrogen-bond donors (Lipinski definition) is 1. The van der Waals surface area contributed by atoms with Gasteiger partial charge in [0.1, 0.15) is 0 Å². The van der Waals surface area contributed by atoms with E-state index in [4.69, 9.17) is 0 Å². The number of aromatic nitrogens is 3. The molecule has 2 heterocycles. The van der Waals surface area contributed by atoms with Crippen LogP contribution < -0.4 is 4.90 Å². The van der Waals surface area contributed by atoms with Crippen molar-refractivity contribution in [3.05, 3.63) is 41.7 Å². The number of anilines is 2. The van der Waals surface area contributed by atoms with Crippen LogP contribution in [0.2, 0.25) is 0 Å². The Morgan fingerprint density at radius 2 is 1.81 bits per heavy atom. The number of benzene rings is 1. The lowest BCUT2D eigenvalue weighted by atomic mass is 10.1. The summed E-state index contributed by atoms with van der Waals surface area (Å²) in [6.07, 6.45) is 1.72. The molecule has 0 radical (unpaired) electrons. The summed E-state index contributed by atoms with van der Waals surface area (Å²) in [5, 5.41) is 8.14. The number of aromatic amines is 1. The monoisotopic (exact) mass is 372 g/mol. The summed E-state index contributed by atoms with van der Waals surface area (Å²) in [7, 11) is -1.53. The van der Waals surface area contributed by atoms with Gasteiger partial charge in [-0.1, -0.05) is 0 Å². The molecule has 1 N–H and O–H groups in total. The number of hydrogen-bond acceptors (Lipinski definition) is 5. The lowest BCUT2D eigenvalue weighted by Crippen LogP contribution is -2.27. The molecule has 0 aliphatic heterocycles. The summed E-state index contributed by atoms with van der Waals surface area (Å²) >= 11 is 0. The Morgan fingerprint density at radius 1 is 1.12 bits per heavy atom. The number of pyridine rings is 1. The van der Waals surface area contributed by atoms with E-state index in [1.807, 2.05) is 31.9 Å². The first-order valence-corrected chi connectivity index (χ1v) is 9.91. The quantitative estimate of drug-likeness (QED) is 0.754. The van der Waals surface area contributed by atoms with Gasteiger partial charge in [-0.05, 0) is 58.9 Å². The Balaban J connectivity index is 2.21. The molecule has 0 saturated carbocycles. The van der Waals surface area contributed by atoms with Gasteiger partial charge in [0, 0.05) is 29.9 Å². The normalized spacial score (nSPS) is 12.5. The highest BCUT2D eigenvalue weighted by Gasteiger charge is 2.31. The van der Waals surface area contributed by atoms with Gasteiger partial charge in [0.2, 0.25) is 0 Å². The summed E-state index contributed by atoms with van der Waals surface area (Å²) in [4.78, 5) is 6.64. The fourth-order valence-corrected chi connectivity index (χ4v) is 4.06. The molecule has 2 aromatic heterocycles. The van der Waals surface area contributed by atoms with E-state index in [0.29, 0.717) is 4.90 Å². The van der Waals surface area contributed by atoms with Crippen LogP contribution >= 0.6 is 0 Å². The first-order chi connectivity index (χ1) is 12.0. The summed E-state index contributed by atoms with van der Waals surface area (Å²) in [6.45, 7) is 9.10. The van der Waals surface area contributed by atoms with Gasteiger partial charge in [-0.3, -0.25) is 10.1 Å². The Bertz CT molecular complexity index is 1080. The highest BCUT2D eigenvalue weighted by molar-refractivity contribution is 7.92. The maximum absolute atomic E-state index is 12.9. The summed E-state index contributed by atoms with van der Waals surface area (Å²) in [5.41, 5.74) is 3.65. The number of aryl methyl sites for hydroxylation is 1. The first kappa shape index (κ1) is 18.4. The zero-order chi connectivity index (χ0) is 19.3. The van der Waals surface area contributed by atoms with Crippen LogP contribution in [0, 0.1) is 13.8 Å². The molecule has 0 amide bonds. The molecule has 0 atom stereocenters. The van der Waals surface area contributed by atoms with Crippen molar-refractivity contribution in [2.24, 2.45) is 0 Å². The Kier molecular flexibility index (Phi) is 4.30. The number of H-pyrrole nitrogens is 1. The third-order valence-corrected chi connectivity index (χ3v) is 7.20. The summed E-state index contributed by atoms with van der Waals surface area (Å²) in [6, 6.07) is 6.97. The number of nitrogens with zero attached hydrogens (tertiary/aromatic N) is 3. The van der Waals surface area contributed by atoms with Crippen LogP contribution in [0.4, 0.5) is 11.5 Å². The van der Waals surface area contributed by atoms with E-state index in [1.165, 1.54) is 0 Å². The van der Waals surface area contributed by atoms with Crippen LogP contribution in [0.25, 0.3) is 10.9 Å². The van der Waals surface area contributed by atoms with E-state index >= 15 is 0 Å². The molecule has 0 unspecified atom stereocenters. The Labute approximate surface area is 154 Å². The van der Waals surface area contributed by atoms with Gasteiger partial charge in [-0.15, -0.1) is 0 Å². The minimum atomic E-state index is -3.45. The van der Waals surface area contributed by atoms with Crippen LogP contribution in [-0.2, 0) is 9.84 Å². The number of sulfone groups is 1. The van der Waals surface area contributed by atoms with Crippen molar-refractivity contribution in [1.82, 2.24) is 15.2 Å². The van der Waals surface area contributed by atoms with Crippen LogP contribution in [0.5, 0.6) is 0 Å². The Hall–Kier alpha value is -2.41. The van der Waals surface area contributed by atoms with Crippen molar-refractivity contribution in [1.29, 1.82) is 0 Å². The van der Waals surface area contributed by atoms with Gasteiger partial charge in [-0.2, -0.15) is 5.10 Å². The molecule has 3 rings (SSSR count). The summed E-state index contributed by atoms with van der Waals surface area (Å²) in [5.74, 6) is 0.805. The van der Waals surface area contributed by atoms with Crippen LogP contribution in [0.3, 0.4) is 0 Å². The van der Waals surface area contributed by atoms with Crippen LogP contribution in [-0.4, -0.2) is 35.4 Å². The minimum absolute atomic E-state index is 0.301. The van der Waals surface area contributed by atoms with E-state index in [2.05, 4.69) is 15.2 Å². The van der Waals surface area contributed by atoms with Gasteiger partial charge in [-0.25, -0.2) is 8.42 Å². The second-order valence-corrected chi connectivity index (χ2v) is 10.2. The third kappa shape index (κ3) is 2.86. The molecule has 3 aromatic rings. The smallest absolute Gasteiger partial charge is 0.183 e. The van der Waals surface area contributed by atoms with Crippen LogP contribution in [0.1, 0.15) is 32.0 Å². The molecule has 6 nitrogen and oxygen atoms in total. The Morgan fingerprint density at radius 3 is 2.38 bits per heavy atom. The van der Waals surface area contributed by atoms with Crippen molar-refractivity contribution in [3.63, 3.8) is 0 Å². The second kappa shape index (κ2) is 6.09. The van der Waals surface area contributed by atoms with E-state index in [9.17, 15) is 8.42 Å². The fraction of sp³-hybridized carbons (Fsp3) is 0.368. The van der Waals surface area contributed by atoms with Gasteiger partial charge in [0.05, 0.1) is 20.8 Å². The largest absolute Gasteiger partial charge is 0.327 e. The highest BCUT2D eigenvalue weighted by Crippen LogP contribution is 2.34. The minimum Gasteiger partial charge on any atom is -0.327 e. The molecular weight excluding hydrogens is 348 g/mol. The standard InChI is InChI=1S/C19H24N4O2S/c1-12-13(2)21-22-18(12)23(6)17-9-10-20-16-8-7-14(11-15(16)17)26(24,25)19(3,4)5/h7-11H,1-6H3,(H,21,22). The molecule has 138 valence electrons. The van der Waals surface area contributed by atoms with Gasteiger partial charge in [0.15, 0.2) is 15.7 Å². The highest BCUT2D eigenvalue weighted by atomic mass is 32.2. The number of rotatable bonds is 3. The maximum Gasteiger partial charge on any atom is 0.183 e.